The van der Waals surface area contributed by atoms with E-state index >= 15 is 0 Å². The number of ether oxygens (including phenoxy) is 3. The summed E-state index contributed by atoms with van der Waals surface area (Å²) in [5.41, 5.74) is 4.19. The van der Waals surface area contributed by atoms with Crippen LogP contribution in [0.15, 0.2) is 48.9 Å². The highest BCUT2D eigenvalue weighted by Gasteiger charge is 2.18. The van der Waals surface area contributed by atoms with Crippen LogP contribution >= 0.6 is 0 Å². The number of benzene rings is 2. The summed E-state index contributed by atoms with van der Waals surface area (Å²) in [6.07, 6.45) is 3.40. The molecule has 3 heterocycles. The molecular weight excluding hydrogens is 396 g/mol. The molecule has 0 atom stereocenters. The zero-order valence-electron chi connectivity index (χ0n) is 17.5. The Morgan fingerprint density at radius 1 is 0.903 bits per heavy atom. The Morgan fingerprint density at radius 3 is 2.35 bits per heavy atom. The van der Waals surface area contributed by atoms with Crippen molar-refractivity contribution >= 4 is 16.7 Å². The minimum Gasteiger partial charge on any atom is -0.493 e. The summed E-state index contributed by atoms with van der Waals surface area (Å²) in [4.78, 5) is 9.32. The van der Waals surface area contributed by atoms with Gasteiger partial charge in [-0.25, -0.2) is 19.2 Å². The van der Waals surface area contributed by atoms with Crippen LogP contribution in [-0.4, -0.2) is 50.7 Å². The van der Waals surface area contributed by atoms with E-state index in [9.17, 15) is 0 Å². The van der Waals surface area contributed by atoms with Crippen LogP contribution in [0, 0.1) is 6.92 Å². The minimum atomic E-state index is 0.511. The highest BCUT2D eigenvalue weighted by Crippen LogP contribution is 2.40. The van der Waals surface area contributed by atoms with Crippen molar-refractivity contribution in [2.45, 2.75) is 6.92 Å². The molecule has 0 amide bonds. The van der Waals surface area contributed by atoms with E-state index < -0.39 is 0 Å². The lowest BCUT2D eigenvalue weighted by molar-refractivity contribution is 0.324. The van der Waals surface area contributed by atoms with Crippen LogP contribution in [0.1, 0.15) is 5.56 Å². The second-order valence-corrected chi connectivity index (χ2v) is 6.99. The zero-order valence-corrected chi connectivity index (χ0v) is 17.5. The summed E-state index contributed by atoms with van der Waals surface area (Å²) in [5.74, 6) is 2.09. The molecule has 9 nitrogen and oxygen atoms in total. The average molecular weight is 416 g/mol. The van der Waals surface area contributed by atoms with Crippen molar-refractivity contribution in [3.05, 3.63) is 54.5 Å². The molecule has 156 valence electrons. The van der Waals surface area contributed by atoms with Gasteiger partial charge in [0.1, 0.15) is 6.33 Å². The quantitative estimate of drug-likeness (QED) is 0.433. The Balaban J connectivity index is 1.67. The zero-order chi connectivity index (χ0) is 21.5. The first-order valence-corrected chi connectivity index (χ1v) is 9.59. The van der Waals surface area contributed by atoms with Gasteiger partial charge in [0, 0.05) is 5.56 Å². The molecule has 0 saturated heterocycles. The van der Waals surface area contributed by atoms with E-state index in [2.05, 4.69) is 21.2 Å². The number of methoxy groups -OCH3 is 3. The number of aromatic nitrogens is 6. The molecule has 5 aromatic rings. The van der Waals surface area contributed by atoms with Crippen LogP contribution in [0.2, 0.25) is 0 Å². The fourth-order valence-electron chi connectivity index (χ4n) is 3.60. The maximum Gasteiger partial charge on any atom is 0.203 e. The van der Waals surface area contributed by atoms with Gasteiger partial charge in [-0.3, -0.25) is 0 Å². The molecule has 3 aromatic heterocycles. The summed E-state index contributed by atoms with van der Waals surface area (Å²) in [6, 6.07) is 11.7. The molecule has 0 aliphatic heterocycles. The molecule has 0 spiro atoms. The Bertz CT molecular complexity index is 1400. The standard InChI is InChI=1S/C22H20N6O3/c1-13-6-5-7-15(8-13)28-21-16(11-24-28)22-25-20(26-27(22)12-23-21)14-9-17(29-2)19(31-4)18(10-14)30-3/h5-12H,1-4H3. The Kier molecular flexibility index (Phi) is 4.43. The lowest BCUT2D eigenvalue weighted by Gasteiger charge is -2.12. The van der Waals surface area contributed by atoms with Crippen LogP contribution in [0.3, 0.4) is 0 Å². The van der Waals surface area contributed by atoms with Gasteiger partial charge in [-0.2, -0.15) is 5.10 Å². The predicted molar refractivity (Wildman–Crippen MR) is 115 cm³/mol. The van der Waals surface area contributed by atoms with Crippen molar-refractivity contribution in [3.8, 4) is 34.3 Å². The third kappa shape index (κ3) is 3.02. The number of nitrogens with zero attached hydrogens (tertiary/aromatic N) is 6. The van der Waals surface area contributed by atoms with Crippen LogP contribution in [-0.2, 0) is 0 Å². The van der Waals surface area contributed by atoms with Gasteiger partial charge in [-0.1, -0.05) is 12.1 Å². The normalized spacial score (nSPS) is 11.2. The van der Waals surface area contributed by atoms with Gasteiger partial charge in [0.2, 0.25) is 5.75 Å². The van der Waals surface area contributed by atoms with Gasteiger partial charge in [-0.15, -0.1) is 5.10 Å². The van der Waals surface area contributed by atoms with Gasteiger partial charge in [0.05, 0.1) is 38.6 Å². The molecule has 9 heteroatoms. The fourth-order valence-corrected chi connectivity index (χ4v) is 3.60. The Morgan fingerprint density at radius 2 is 1.68 bits per heavy atom. The van der Waals surface area contributed by atoms with Gasteiger partial charge >= 0.3 is 0 Å². The maximum absolute atomic E-state index is 5.45. The van der Waals surface area contributed by atoms with Gasteiger partial charge < -0.3 is 14.2 Å². The third-order valence-electron chi connectivity index (χ3n) is 5.07. The van der Waals surface area contributed by atoms with Crippen molar-refractivity contribution in [1.29, 1.82) is 0 Å². The number of hydrogen-bond acceptors (Lipinski definition) is 7. The average Bonchev–Trinajstić information content (AvgIpc) is 3.42. The summed E-state index contributed by atoms with van der Waals surface area (Å²) in [7, 11) is 4.72. The Hall–Kier alpha value is -4.14. The molecule has 0 N–H and O–H groups in total. The van der Waals surface area contributed by atoms with E-state index in [1.54, 1.807) is 43.1 Å². The van der Waals surface area contributed by atoms with Crippen molar-refractivity contribution in [3.63, 3.8) is 0 Å². The highest BCUT2D eigenvalue weighted by molar-refractivity contribution is 5.90. The molecule has 0 aliphatic rings. The van der Waals surface area contributed by atoms with Gasteiger partial charge in [-0.05, 0) is 36.8 Å². The van der Waals surface area contributed by atoms with Crippen molar-refractivity contribution in [1.82, 2.24) is 29.4 Å². The first-order valence-electron chi connectivity index (χ1n) is 9.59. The summed E-state index contributed by atoms with van der Waals surface area (Å²) in [5, 5.41) is 9.92. The predicted octanol–water partition coefficient (Wildman–Crippen LogP) is 3.46. The summed E-state index contributed by atoms with van der Waals surface area (Å²) < 4.78 is 19.8. The molecule has 5 rings (SSSR count). The van der Waals surface area contributed by atoms with E-state index in [-0.39, 0.29) is 0 Å². The Labute approximate surface area is 177 Å². The first-order chi connectivity index (χ1) is 15.1. The van der Waals surface area contributed by atoms with E-state index in [0.717, 1.165) is 22.2 Å². The molecule has 0 fully saturated rings. The third-order valence-corrected chi connectivity index (χ3v) is 5.07. The fraction of sp³-hybridized carbons (Fsp3) is 0.182. The van der Waals surface area contributed by atoms with Crippen LogP contribution in [0.4, 0.5) is 0 Å². The molecule has 31 heavy (non-hydrogen) atoms. The van der Waals surface area contributed by atoms with Crippen LogP contribution in [0.25, 0.3) is 33.8 Å². The molecular formula is C22H20N6O3. The van der Waals surface area contributed by atoms with Crippen molar-refractivity contribution in [2.24, 2.45) is 0 Å². The number of fused-ring (bicyclic) bond motifs is 3. The largest absolute Gasteiger partial charge is 0.493 e. The van der Waals surface area contributed by atoms with E-state index in [4.69, 9.17) is 19.2 Å². The first kappa shape index (κ1) is 18.9. The molecule has 0 radical (unpaired) electrons. The molecule has 0 bridgehead atoms. The lowest BCUT2D eigenvalue weighted by Crippen LogP contribution is -1.99. The smallest absolute Gasteiger partial charge is 0.203 e. The van der Waals surface area contributed by atoms with E-state index in [1.807, 2.05) is 37.3 Å². The lowest BCUT2D eigenvalue weighted by atomic mass is 10.1. The highest BCUT2D eigenvalue weighted by atomic mass is 16.5. The van der Waals surface area contributed by atoms with Crippen LogP contribution in [0.5, 0.6) is 17.2 Å². The van der Waals surface area contributed by atoms with Crippen molar-refractivity contribution in [2.75, 3.05) is 21.3 Å². The summed E-state index contributed by atoms with van der Waals surface area (Å²) >= 11 is 0. The maximum atomic E-state index is 5.45. The van der Waals surface area contributed by atoms with Gasteiger partial charge in [0.15, 0.2) is 28.6 Å². The van der Waals surface area contributed by atoms with Crippen LogP contribution < -0.4 is 14.2 Å². The summed E-state index contributed by atoms with van der Waals surface area (Å²) in [6.45, 7) is 2.04. The molecule has 0 unspecified atom stereocenters. The minimum absolute atomic E-state index is 0.511. The van der Waals surface area contributed by atoms with E-state index in [0.29, 0.717) is 34.4 Å². The SMILES string of the molecule is COc1cc(-c2nc3c4cnn(-c5cccc(C)c5)c4ncn3n2)cc(OC)c1OC. The number of rotatable bonds is 5. The second-order valence-electron chi connectivity index (χ2n) is 6.99. The molecule has 0 saturated carbocycles. The topological polar surface area (TPSA) is 88.6 Å². The number of hydrogen-bond donors (Lipinski definition) is 0. The second kappa shape index (κ2) is 7.28. The van der Waals surface area contributed by atoms with E-state index in [1.165, 1.54) is 0 Å². The monoisotopic (exact) mass is 416 g/mol. The van der Waals surface area contributed by atoms with Crippen molar-refractivity contribution < 1.29 is 14.2 Å². The number of aryl methyl sites for hydroxylation is 1. The van der Waals surface area contributed by atoms with Gasteiger partial charge in [0.25, 0.3) is 0 Å². The molecule has 0 aliphatic carbocycles. The molecule has 2 aromatic carbocycles.